The van der Waals surface area contributed by atoms with E-state index in [9.17, 15) is 4.79 Å². The molecule has 2 aromatic rings. The highest BCUT2D eigenvalue weighted by Crippen LogP contribution is 2.37. The third kappa shape index (κ3) is 3.37. The van der Waals surface area contributed by atoms with Gasteiger partial charge in [0.25, 0.3) is 0 Å². The lowest BCUT2D eigenvalue weighted by molar-refractivity contribution is 0.218. The molecular formula is C19H22N2O2. The Kier molecular flexibility index (Phi) is 4.09. The first-order valence-electron chi connectivity index (χ1n) is 7.90. The smallest absolute Gasteiger partial charge is 0.319 e. The molecule has 0 atom stereocenters. The van der Waals surface area contributed by atoms with Crippen molar-refractivity contribution in [1.82, 2.24) is 5.32 Å². The van der Waals surface area contributed by atoms with E-state index in [-0.39, 0.29) is 12.6 Å². The predicted molar refractivity (Wildman–Crippen MR) is 92.6 cm³/mol. The lowest BCUT2D eigenvalue weighted by atomic mass is 10.0. The van der Waals surface area contributed by atoms with Gasteiger partial charge in [-0.25, -0.2) is 4.79 Å². The number of carbonyl (C=O) groups is 1. The van der Waals surface area contributed by atoms with Gasteiger partial charge in [0, 0.05) is 17.8 Å². The summed E-state index contributed by atoms with van der Waals surface area (Å²) in [6.45, 7) is 3.83. The molecule has 0 unspecified atom stereocenters. The van der Waals surface area contributed by atoms with Gasteiger partial charge in [-0.05, 0) is 61.1 Å². The number of hydrogen-bond donors (Lipinski definition) is 3. The molecule has 0 radical (unpaired) electrons. The molecule has 23 heavy (non-hydrogen) atoms. The van der Waals surface area contributed by atoms with Crippen LogP contribution in [0.2, 0.25) is 0 Å². The normalized spacial score (nSPS) is 12.5. The van der Waals surface area contributed by atoms with Crippen LogP contribution in [0.25, 0.3) is 11.1 Å². The van der Waals surface area contributed by atoms with E-state index in [2.05, 4.69) is 41.0 Å². The number of rotatable bonds is 4. The molecular weight excluding hydrogens is 288 g/mol. The van der Waals surface area contributed by atoms with Crippen molar-refractivity contribution in [2.75, 3.05) is 11.9 Å². The summed E-state index contributed by atoms with van der Waals surface area (Å²) < 4.78 is 0. The largest absolute Gasteiger partial charge is 0.396 e. The Balaban J connectivity index is 1.72. The summed E-state index contributed by atoms with van der Waals surface area (Å²) in [5, 5.41) is 14.8. The number of benzene rings is 2. The van der Waals surface area contributed by atoms with Crippen LogP contribution in [0.4, 0.5) is 10.5 Å². The molecule has 2 amide bonds. The second-order valence-corrected chi connectivity index (χ2v) is 6.64. The first-order valence-corrected chi connectivity index (χ1v) is 7.90. The van der Waals surface area contributed by atoms with Crippen LogP contribution in [0.1, 0.15) is 31.4 Å². The summed E-state index contributed by atoms with van der Waals surface area (Å²) >= 11 is 0. The van der Waals surface area contributed by atoms with E-state index in [4.69, 9.17) is 5.11 Å². The highest BCUT2D eigenvalue weighted by molar-refractivity contribution is 5.91. The lowest BCUT2D eigenvalue weighted by Crippen LogP contribution is -2.46. The molecule has 3 N–H and O–H groups in total. The van der Waals surface area contributed by atoms with E-state index in [1.54, 1.807) is 0 Å². The Morgan fingerprint density at radius 1 is 1.13 bits per heavy atom. The molecule has 0 heterocycles. The monoisotopic (exact) mass is 310 g/mol. The molecule has 3 rings (SSSR count). The highest BCUT2D eigenvalue weighted by atomic mass is 16.3. The van der Waals surface area contributed by atoms with Gasteiger partial charge >= 0.3 is 6.03 Å². The van der Waals surface area contributed by atoms with Crippen molar-refractivity contribution in [2.45, 2.75) is 32.2 Å². The number of anilines is 1. The zero-order valence-corrected chi connectivity index (χ0v) is 13.5. The maximum atomic E-state index is 12.1. The maximum Gasteiger partial charge on any atom is 0.319 e. The Hall–Kier alpha value is -2.33. The quantitative estimate of drug-likeness (QED) is 0.690. The van der Waals surface area contributed by atoms with Gasteiger partial charge in [0.15, 0.2) is 0 Å². The minimum Gasteiger partial charge on any atom is -0.396 e. The Morgan fingerprint density at radius 2 is 1.87 bits per heavy atom. The number of carbonyl (C=O) groups excluding carboxylic acids is 1. The van der Waals surface area contributed by atoms with Gasteiger partial charge in [0.05, 0.1) is 0 Å². The zero-order valence-electron chi connectivity index (χ0n) is 13.5. The molecule has 1 aliphatic carbocycles. The molecule has 0 spiro atoms. The minimum absolute atomic E-state index is 0.0460. The van der Waals surface area contributed by atoms with E-state index in [1.165, 1.54) is 22.3 Å². The minimum atomic E-state index is -0.439. The van der Waals surface area contributed by atoms with Crippen molar-refractivity contribution in [3.63, 3.8) is 0 Å². The Bertz CT molecular complexity index is 738. The van der Waals surface area contributed by atoms with Gasteiger partial charge in [-0.15, -0.1) is 0 Å². The fraction of sp³-hybridized carbons (Fsp3) is 0.316. The first kappa shape index (κ1) is 15.6. The molecule has 1 aliphatic rings. The van der Waals surface area contributed by atoms with Gasteiger partial charge < -0.3 is 15.7 Å². The average Bonchev–Trinajstić information content (AvgIpc) is 2.83. The van der Waals surface area contributed by atoms with Gasteiger partial charge in [-0.3, -0.25) is 0 Å². The van der Waals surface area contributed by atoms with Crippen LogP contribution in [0, 0.1) is 0 Å². The molecule has 0 aliphatic heterocycles. The molecule has 0 fully saturated rings. The highest BCUT2D eigenvalue weighted by Gasteiger charge is 2.21. The van der Waals surface area contributed by atoms with Crippen molar-refractivity contribution in [2.24, 2.45) is 0 Å². The van der Waals surface area contributed by atoms with Gasteiger partial charge in [-0.1, -0.05) is 30.3 Å². The first-order chi connectivity index (χ1) is 11.0. The van der Waals surface area contributed by atoms with Crippen molar-refractivity contribution in [3.8, 4) is 11.1 Å². The third-order valence-electron chi connectivity index (χ3n) is 4.24. The van der Waals surface area contributed by atoms with Crippen LogP contribution in [0.5, 0.6) is 0 Å². The van der Waals surface area contributed by atoms with E-state index in [0.717, 1.165) is 12.1 Å². The molecule has 0 aromatic heterocycles. The fourth-order valence-corrected chi connectivity index (χ4v) is 3.03. The van der Waals surface area contributed by atoms with Crippen LogP contribution in [-0.4, -0.2) is 23.3 Å². The van der Waals surface area contributed by atoms with Crippen molar-refractivity contribution in [3.05, 3.63) is 53.6 Å². The number of aliphatic hydroxyl groups is 1. The molecule has 0 bridgehead atoms. The predicted octanol–water partition coefficient (Wildman–Crippen LogP) is 3.54. The fourth-order valence-electron chi connectivity index (χ4n) is 3.03. The standard InChI is InChI=1S/C19H22N2O2/c1-19(2,9-10-22)21-18(23)20-15-7-8-17-14(12-15)11-13-5-3-4-6-16(13)17/h3-8,12,22H,9-11H2,1-2H3,(H2,20,21,23). The number of aliphatic hydroxyl groups excluding tert-OH is 1. The SMILES string of the molecule is CC(C)(CCO)NC(=O)Nc1ccc2c(c1)Cc1ccccc1-2. The second kappa shape index (κ2) is 6.05. The number of amides is 2. The van der Waals surface area contributed by atoms with Gasteiger partial charge in [0.1, 0.15) is 0 Å². The molecule has 120 valence electrons. The van der Waals surface area contributed by atoms with E-state index >= 15 is 0 Å². The zero-order chi connectivity index (χ0) is 16.4. The maximum absolute atomic E-state index is 12.1. The van der Waals surface area contributed by atoms with Crippen LogP contribution in [0.15, 0.2) is 42.5 Å². The Labute approximate surface area is 136 Å². The van der Waals surface area contributed by atoms with E-state index in [1.807, 2.05) is 26.0 Å². The van der Waals surface area contributed by atoms with Crippen molar-refractivity contribution < 1.29 is 9.90 Å². The topological polar surface area (TPSA) is 61.4 Å². The molecule has 0 saturated heterocycles. The van der Waals surface area contributed by atoms with Gasteiger partial charge in [0.2, 0.25) is 0 Å². The number of urea groups is 1. The summed E-state index contributed by atoms with van der Waals surface area (Å²) in [4.78, 5) is 12.1. The van der Waals surface area contributed by atoms with Gasteiger partial charge in [-0.2, -0.15) is 0 Å². The average molecular weight is 310 g/mol. The number of hydrogen-bond acceptors (Lipinski definition) is 2. The summed E-state index contributed by atoms with van der Waals surface area (Å²) in [6.07, 6.45) is 1.42. The molecule has 4 nitrogen and oxygen atoms in total. The second-order valence-electron chi connectivity index (χ2n) is 6.64. The van der Waals surface area contributed by atoms with E-state index < -0.39 is 5.54 Å². The molecule has 2 aromatic carbocycles. The number of fused-ring (bicyclic) bond motifs is 3. The Morgan fingerprint density at radius 3 is 2.65 bits per heavy atom. The van der Waals surface area contributed by atoms with Crippen LogP contribution in [0.3, 0.4) is 0 Å². The summed E-state index contributed by atoms with van der Waals surface area (Å²) in [6, 6.07) is 14.2. The molecule has 0 saturated carbocycles. The third-order valence-corrected chi connectivity index (χ3v) is 4.24. The van der Waals surface area contributed by atoms with Crippen molar-refractivity contribution in [1.29, 1.82) is 0 Å². The van der Waals surface area contributed by atoms with Crippen LogP contribution < -0.4 is 10.6 Å². The van der Waals surface area contributed by atoms with Crippen molar-refractivity contribution >= 4 is 11.7 Å². The lowest BCUT2D eigenvalue weighted by Gasteiger charge is -2.25. The van der Waals surface area contributed by atoms with Crippen LogP contribution >= 0.6 is 0 Å². The summed E-state index contributed by atoms with van der Waals surface area (Å²) in [7, 11) is 0. The number of nitrogens with one attached hydrogen (secondary N) is 2. The summed E-state index contributed by atoms with van der Waals surface area (Å²) in [5.41, 5.74) is 5.43. The van der Waals surface area contributed by atoms with E-state index in [0.29, 0.717) is 6.42 Å². The van der Waals surface area contributed by atoms with Crippen LogP contribution in [-0.2, 0) is 6.42 Å². The molecule has 4 heteroatoms. The summed E-state index contributed by atoms with van der Waals surface area (Å²) in [5.74, 6) is 0.